The van der Waals surface area contributed by atoms with Gasteiger partial charge < -0.3 is 10.2 Å². The molecule has 1 fully saturated rings. The summed E-state index contributed by atoms with van der Waals surface area (Å²) >= 11 is 1.50. The molecule has 3 rings (SSSR count). The molecule has 1 aromatic heterocycles. The summed E-state index contributed by atoms with van der Waals surface area (Å²) in [5.74, 6) is -0.717. The number of imidazole rings is 1. The maximum atomic E-state index is 12.6. The second-order valence-corrected chi connectivity index (χ2v) is 9.58. The van der Waals surface area contributed by atoms with Crippen LogP contribution in [0.25, 0.3) is 5.69 Å². The molecule has 0 bridgehead atoms. The number of sulfone groups is 1. The van der Waals surface area contributed by atoms with E-state index in [1.165, 1.54) is 16.7 Å². The monoisotopic (exact) mass is 422 g/mol. The van der Waals surface area contributed by atoms with E-state index in [9.17, 15) is 18.0 Å². The highest BCUT2D eigenvalue weighted by Gasteiger charge is 2.28. The number of carbonyl (C=O) groups excluding carboxylic acids is 2. The molecule has 2 amide bonds. The molecule has 10 heteroatoms. The quantitative estimate of drug-likeness (QED) is 0.721. The van der Waals surface area contributed by atoms with Gasteiger partial charge in [-0.05, 0) is 31.4 Å². The number of aromatic nitrogens is 2. The zero-order valence-corrected chi connectivity index (χ0v) is 17.3. The summed E-state index contributed by atoms with van der Waals surface area (Å²) in [5, 5.41) is 3.51. The lowest BCUT2D eigenvalue weighted by molar-refractivity contribution is -0.132. The summed E-state index contributed by atoms with van der Waals surface area (Å²) in [6, 6.07) is 6.32. The van der Waals surface area contributed by atoms with Crippen molar-refractivity contribution in [2.45, 2.75) is 18.1 Å². The van der Waals surface area contributed by atoms with Crippen LogP contribution < -0.4 is 5.32 Å². The Balaban J connectivity index is 1.67. The molecular weight excluding hydrogens is 400 g/mol. The fourth-order valence-corrected chi connectivity index (χ4v) is 4.71. The minimum Gasteiger partial charge on any atom is -0.341 e. The van der Waals surface area contributed by atoms with Crippen molar-refractivity contribution in [3.63, 3.8) is 0 Å². The molecule has 150 valence electrons. The topological polar surface area (TPSA) is 101 Å². The fourth-order valence-electron chi connectivity index (χ4n) is 2.98. The summed E-state index contributed by atoms with van der Waals surface area (Å²) < 4.78 is 24.9. The first-order valence-corrected chi connectivity index (χ1v) is 11.8. The van der Waals surface area contributed by atoms with E-state index in [0.717, 1.165) is 10.8 Å². The number of nitrogens with zero attached hydrogens (tertiary/aromatic N) is 3. The smallest absolute Gasteiger partial charge is 0.251 e. The lowest BCUT2D eigenvalue weighted by Gasteiger charge is -2.29. The van der Waals surface area contributed by atoms with Gasteiger partial charge in [-0.25, -0.2) is 13.4 Å². The van der Waals surface area contributed by atoms with Gasteiger partial charge >= 0.3 is 0 Å². The molecule has 8 nitrogen and oxygen atoms in total. The number of carbonyl (C=O) groups is 2. The molecule has 1 atom stereocenters. The largest absolute Gasteiger partial charge is 0.341 e. The average molecular weight is 423 g/mol. The maximum Gasteiger partial charge on any atom is 0.251 e. The van der Waals surface area contributed by atoms with Crippen LogP contribution in [0.1, 0.15) is 17.3 Å². The van der Waals surface area contributed by atoms with Crippen LogP contribution in [0.15, 0.2) is 41.8 Å². The molecule has 0 spiro atoms. The van der Waals surface area contributed by atoms with Crippen molar-refractivity contribution < 1.29 is 18.0 Å². The molecule has 1 N–H and O–H groups in total. The van der Waals surface area contributed by atoms with Crippen LogP contribution in [0.5, 0.6) is 0 Å². The normalized spacial score (nSPS) is 17.1. The Kier molecular flexibility index (Phi) is 6.09. The van der Waals surface area contributed by atoms with Crippen molar-refractivity contribution >= 4 is 33.4 Å². The van der Waals surface area contributed by atoms with Crippen molar-refractivity contribution in [2.75, 3.05) is 30.9 Å². The third-order valence-electron chi connectivity index (χ3n) is 4.55. The van der Waals surface area contributed by atoms with Gasteiger partial charge in [-0.15, -0.1) is 0 Å². The summed E-state index contributed by atoms with van der Waals surface area (Å²) in [6.07, 6.45) is 5.44. The zero-order chi connectivity index (χ0) is 20.3. The van der Waals surface area contributed by atoms with E-state index >= 15 is 0 Å². The first-order chi connectivity index (χ1) is 13.3. The molecule has 1 aliphatic rings. The summed E-state index contributed by atoms with van der Waals surface area (Å²) in [6.45, 7) is 1.93. The van der Waals surface area contributed by atoms with Crippen molar-refractivity contribution in [3.8, 4) is 5.69 Å². The van der Waals surface area contributed by atoms with Crippen LogP contribution in [-0.4, -0.2) is 71.6 Å². The van der Waals surface area contributed by atoms with Gasteiger partial charge in [-0.1, -0.05) is 17.8 Å². The van der Waals surface area contributed by atoms with Gasteiger partial charge in [0, 0.05) is 36.7 Å². The highest BCUT2D eigenvalue weighted by atomic mass is 32.2. The molecule has 0 saturated carbocycles. The van der Waals surface area contributed by atoms with Crippen LogP contribution in [0, 0.1) is 0 Å². The minimum atomic E-state index is -3.06. The highest BCUT2D eigenvalue weighted by molar-refractivity contribution is 7.98. The van der Waals surface area contributed by atoms with Gasteiger partial charge in [0.1, 0.15) is 6.04 Å². The van der Waals surface area contributed by atoms with Gasteiger partial charge in [-0.3, -0.25) is 14.2 Å². The van der Waals surface area contributed by atoms with Crippen molar-refractivity contribution in [1.82, 2.24) is 19.8 Å². The molecule has 1 unspecified atom stereocenters. The van der Waals surface area contributed by atoms with Crippen molar-refractivity contribution in [3.05, 3.63) is 42.2 Å². The van der Waals surface area contributed by atoms with Crippen LogP contribution in [0.4, 0.5) is 0 Å². The zero-order valence-electron chi connectivity index (χ0n) is 15.7. The van der Waals surface area contributed by atoms with E-state index < -0.39 is 15.9 Å². The Labute approximate surface area is 168 Å². The standard InChI is InChI=1S/C18H22N4O4S2/c1-13(17(24)21-8-10-28(25,26)11-9-21)20-16(23)14-4-3-5-15(12-14)22-7-6-19-18(22)27-2/h3-7,12-13H,8-11H2,1-2H3,(H,20,23). The molecule has 1 saturated heterocycles. The average Bonchev–Trinajstić information content (AvgIpc) is 3.16. The Morgan fingerprint density at radius 3 is 2.64 bits per heavy atom. The molecule has 2 aromatic rings. The Morgan fingerprint density at radius 1 is 1.25 bits per heavy atom. The van der Waals surface area contributed by atoms with E-state index in [1.807, 2.05) is 23.1 Å². The number of nitrogens with one attached hydrogen (secondary N) is 1. The van der Waals surface area contributed by atoms with Crippen LogP contribution in [-0.2, 0) is 14.6 Å². The van der Waals surface area contributed by atoms with E-state index in [-0.39, 0.29) is 36.4 Å². The summed E-state index contributed by atoms with van der Waals surface area (Å²) in [5.41, 5.74) is 1.23. The summed E-state index contributed by atoms with van der Waals surface area (Å²) in [4.78, 5) is 30.9. The lowest BCUT2D eigenvalue weighted by atomic mass is 10.1. The first kappa shape index (κ1) is 20.4. The molecule has 1 aromatic carbocycles. The number of thioether (sulfide) groups is 1. The third kappa shape index (κ3) is 4.56. The highest BCUT2D eigenvalue weighted by Crippen LogP contribution is 2.19. The predicted molar refractivity (Wildman–Crippen MR) is 108 cm³/mol. The first-order valence-electron chi connectivity index (χ1n) is 8.78. The van der Waals surface area contributed by atoms with E-state index in [4.69, 9.17) is 0 Å². The van der Waals surface area contributed by atoms with Gasteiger partial charge in [0.05, 0.1) is 11.5 Å². The summed E-state index contributed by atoms with van der Waals surface area (Å²) in [7, 11) is -3.06. The van der Waals surface area contributed by atoms with Gasteiger partial charge in [-0.2, -0.15) is 0 Å². The minimum absolute atomic E-state index is 0.0376. The fraction of sp³-hybridized carbons (Fsp3) is 0.389. The van der Waals surface area contributed by atoms with E-state index in [0.29, 0.717) is 5.56 Å². The molecule has 2 heterocycles. The number of rotatable bonds is 5. The third-order valence-corrected chi connectivity index (χ3v) is 6.83. The van der Waals surface area contributed by atoms with Gasteiger partial charge in [0.15, 0.2) is 15.0 Å². The number of benzene rings is 1. The Bertz CT molecular complexity index is 973. The second kappa shape index (κ2) is 8.36. The lowest BCUT2D eigenvalue weighted by Crippen LogP contribution is -2.51. The van der Waals surface area contributed by atoms with Gasteiger partial charge in [0.25, 0.3) is 5.91 Å². The van der Waals surface area contributed by atoms with Crippen molar-refractivity contribution in [2.24, 2.45) is 0 Å². The Hall–Kier alpha value is -2.33. The molecule has 1 aliphatic heterocycles. The van der Waals surface area contributed by atoms with Crippen LogP contribution in [0.2, 0.25) is 0 Å². The Morgan fingerprint density at radius 2 is 1.96 bits per heavy atom. The second-order valence-electron chi connectivity index (χ2n) is 6.51. The van der Waals surface area contributed by atoms with Gasteiger partial charge in [0.2, 0.25) is 5.91 Å². The van der Waals surface area contributed by atoms with Crippen LogP contribution >= 0.6 is 11.8 Å². The SMILES string of the molecule is CSc1nccn1-c1cccc(C(=O)NC(C)C(=O)N2CCS(=O)(=O)CC2)c1. The molecule has 28 heavy (non-hydrogen) atoms. The van der Waals surface area contributed by atoms with Crippen LogP contribution in [0.3, 0.4) is 0 Å². The molecule has 0 aliphatic carbocycles. The molecule has 0 radical (unpaired) electrons. The van der Waals surface area contributed by atoms with E-state index in [1.54, 1.807) is 31.3 Å². The van der Waals surface area contributed by atoms with Crippen molar-refractivity contribution in [1.29, 1.82) is 0 Å². The molecular formula is C18H22N4O4S2. The van der Waals surface area contributed by atoms with E-state index in [2.05, 4.69) is 10.3 Å². The number of amides is 2. The maximum absolute atomic E-state index is 12.6. The predicted octanol–water partition coefficient (Wildman–Crippen LogP) is 0.969. The number of hydrogen-bond donors (Lipinski definition) is 1. The number of hydrogen-bond acceptors (Lipinski definition) is 6.